The van der Waals surface area contributed by atoms with E-state index in [2.05, 4.69) is 277 Å². The lowest BCUT2D eigenvalue weighted by molar-refractivity contribution is 0.346. The number of hydrogen-bond acceptors (Lipinski definition) is 2. The van der Waals surface area contributed by atoms with Crippen LogP contribution in [0.3, 0.4) is 0 Å². The van der Waals surface area contributed by atoms with E-state index in [1.807, 2.05) is 0 Å². The average Bonchev–Trinajstić information content (AvgIpc) is 3.48. The van der Waals surface area contributed by atoms with E-state index in [0.29, 0.717) is 5.92 Å². The van der Waals surface area contributed by atoms with Gasteiger partial charge in [0.1, 0.15) is 0 Å². The molecule has 4 aliphatic rings. The predicted molar refractivity (Wildman–Crippen MR) is 323 cm³/mol. The molecule has 3 heterocycles. The van der Waals surface area contributed by atoms with Gasteiger partial charge in [-0.25, -0.2) is 0 Å². The van der Waals surface area contributed by atoms with Crippen molar-refractivity contribution in [1.29, 1.82) is 0 Å². The molecule has 0 saturated heterocycles. The molecule has 75 heavy (non-hydrogen) atoms. The van der Waals surface area contributed by atoms with E-state index in [9.17, 15) is 0 Å². The topological polar surface area (TPSA) is 6.48 Å². The normalized spacial score (nSPS) is 17.4. The van der Waals surface area contributed by atoms with Crippen molar-refractivity contribution in [3.05, 3.63) is 219 Å². The molecule has 1 aliphatic carbocycles. The van der Waals surface area contributed by atoms with Crippen LogP contribution in [-0.2, 0) is 32.5 Å². The summed E-state index contributed by atoms with van der Waals surface area (Å²) in [6.45, 7) is 36.2. The lowest BCUT2D eigenvalue weighted by Gasteiger charge is -2.50. The van der Waals surface area contributed by atoms with Crippen LogP contribution in [0.15, 0.2) is 164 Å². The number of benzene rings is 8. The summed E-state index contributed by atoms with van der Waals surface area (Å²) in [5.74, 6) is 0.293. The summed E-state index contributed by atoms with van der Waals surface area (Å²) in [5.41, 5.74) is 27.4. The van der Waals surface area contributed by atoms with E-state index < -0.39 is 0 Å². The Hall–Kier alpha value is -6.58. The molecule has 4 bridgehead atoms. The third kappa shape index (κ3) is 7.56. The zero-order valence-electron chi connectivity index (χ0n) is 47.6. The fourth-order valence-electron chi connectivity index (χ4n) is 13.8. The summed E-state index contributed by atoms with van der Waals surface area (Å²) in [5, 5.41) is 0. The molecule has 0 amide bonds. The second-order valence-electron chi connectivity index (χ2n) is 27.2. The number of fused-ring (bicyclic) bond motifs is 10. The van der Waals surface area contributed by atoms with Crippen molar-refractivity contribution in [2.75, 3.05) is 9.80 Å². The van der Waals surface area contributed by atoms with Gasteiger partial charge in [0.15, 0.2) is 0 Å². The van der Waals surface area contributed by atoms with Crippen LogP contribution < -0.4 is 26.2 Å². The van der Waals surface area contributed by atoms with Crippen LogP contribution in [0.25, 0.3) is 11.1 Å². The maximum Gasteiger partial charge on any atom is 0.252 e. The Morgan fingerprint density at radius 1 is 0.440 bits per heavy atom. The van der Waals surface area contributed by atoms with E-state index in [0.717, 1.165) is 12.8 Å². The van der Waals surface area contributed by atoms with Gasteiger partial charge in [-0.3, -0.25) is 0 Å². The van der Waals surface area contributed by atoms with Crippen LogP contribution in [0.5, 0.6) is 0 Å². The quantitative estimate of drug-likeness (QED) is 0.153. The Morgan fingerprint density at radius 2 is 1.00 bits per heavy atom. The molecule has 0 radical (unpaired) electrons. The van der Waals surface area contributed by atoms with E-state index in [1.54, 1.807) is 0 Å². The van der Waals surface area contributed by atoms with Crippen LogP contribution in [0.2, 0.25) is 0 Å². The van der Waals surface area contributed by atoms with E-state index >= 15 is 0 Å². The van der Waals surface area contributed by atoms with E-state index in [1.165, 1.54) is 117 Å². The largest absolute Gasteiger partial charge is 0.311 e. The van der Waals surface area contributed by atoms with Gasteiger partial charge in [-0.15, -0.1) is 0 Å². The molecule has 0 N–H and O–H groups in total. The predicted octanol–water partition coefficient (Wildman–Crippen LogP) is 17.5. The Bertz CT molecular complexity index is 3580. The van der Waals surface area contributed by atoms with Crippen molar-refractivity contribution in [1.82, 2.24) is 0 Å². The van der Waals surface area contributed by atoms with Crippen LogP contribution in [-0.4, -0.2) is 6.71 Å². The molecule has 0 saturated carbocycles. The van der Waals surface area contributed by atoms with E-state index in [-0.39, 0.29) is 39.2 Å². The van der Waals surface area contributed by atoms with E-state index in [4.69, 9.17) is 0 Å². The molecule has 1 unspecified atom stereocenters. The summed E-state index contributed by atoms with van der Waals surface area (Å²) in [7, 11) is 0. The summed E-state index contributed by atoms with van der Waals surface area (Å²) in [6.07, 6.45) is 2.20. The highest BCUT2D eigenvalue weighted by Gasteiger charge is 2.50. The standard InChI is InChI=1S/C72H77BN2/c1-45(2)47-39-64-66-65(40-47)75-61-34-29-51(67(3,4)5)41-54(61)46-26-33-55(68(6,7)8)57(38-46)72(15)37-36-69(9,10)56-43-60(63(75)44-58(56)72)73(66)59-42-52(71(13,14)49-24-20-17-21-25-49)30-35-62(59)74(64)53-31-27-50(28-32-53)70(11,12)48-22-18-16-19-23-48/h16-35,38-45H,36-37H2,1-15H3. The van der Waals surface area contributed by atoms with Gasteiger partial charge in [-0.2, -0.15) is 0 Å². The molecule has 12 rings (SSSR count). The van der Waals surface area contributed by atoms with Gasteiger partial charge < -0.3 is 9.80 Å². The first-order valence-electron chi connectivity index (χ1n) is 28.0. The van der Waals surface area contributed by atoms with Gasteiger partial charge in [0.25, 0.3) is 6.71 Å². The van der Waals surface area contributed by atoms with Gasteiger partial charge in [0.2, 0.25) is 0 Å². The highest BCUT2D eigenvalue weighted by Crippen LogP contribution is 2.56. The van der Waals surface area contributed by atoms with Crippen LogP contribution in [0.4, 0.5) is 34.1 Å². The maximum atomic E-state index is 2.73. The lowest BCUT2D eigenvalue weighted by atomic mass is 9.32. The second kappa shape index (κ2) is 16.7. The lowest BCUT2D eigenvalue weighted by Crippen LogP contribution is -2.62. The van der Waals surface area contributed by atoms with Crippen molar-refractivity contribution < 1.29 is 0 Å². The van der Waals surface area contributed by atoms with Crippen LogP contribution in [0, 0.1) is 0 Å². The van der Waals surface area contributed by atoms with Crippen molar-refractivity contribution in [2.45, 2.75) is 155 Å². The molecule has 2 nitrogen and oxygen atoms in total. The molecular weight excluding hydrogens is 904 g/mol. The van der Waals surface area contributed by atoms with Crippen molar-refractivity contribution in [2.24, 2.45) is 0 Å². The molecular formula is C72H77BN2. The molecule has 0 aromatic heterocycles. The molecule has 1 atom stereocenters. The summed E-state index contributed by atoms with van der Waals surface area (Å²) < 4.78 is 0. The Balaban J connectivity index is 1.21. The first kappa shape index (κ1) is 49.3. The molecule has 378 valence electrons. The van der Waals surface area contributed by atoms with Gasteiger partial charge in [0.05, 0.1) is 5.69 Å². The summed E-state index contributed by atoms with van der Waals surface area (Å²) >= 11 is 0. The SMILES string of the molecule is CC(C)c1cc2c3c(c1)N1c4cc5c(cc4B3c3cc(C(C)(C)c4ccccc4)ccc3N2c2ccc(C(C)(C)c3ccccc3)cc2)C(C)(C)CCC5(C)c2cc(ccc2C(C)(C)C)-c2cc(C(C)(C)C)ccc21. The highest BCUT2D eigenvalue weighted by molar-refractivity contribution is 7.00. The minimum absolute atomic E-state index is 0.0194. The van der Waals surface area contributed by atoms with Gasteiger partial charge >= 0.3 is 0 Å². The number of anilines is 6. The minimum atomic E-state index is -0.238. The molecule has 3 heteroatoms. The van der Waals surface area contributed by atoms with Gasteiger partial charge in [-0.1, -0.05) is 213 Å². The second-order valence-corrected chi connectivity index (χ2v) is 27.2. The summed E-state index contributed by atoms with van der Waals surface area (Å²) in [4.78, 5) is 5.36. The molecule has 8 aromatic carbocycles. The van der Waals surface area contributed by atoms with Crippen LogP contribution in [0.1, 0.15) is 178 Å². The highest BCUT2D eigenvalue weighted by atomic mass is 15.2. The Labute approximate surface area is 450 Å². The third-order valence-electron chi connectivity index (χ3n) is 18.9. The maximum absolute atomic E-state index is 2.73. The fourth-order valence-corrected chi connectivity index (χ4v) is 13.8. The first-order valence-corrected chi connectivity index (χ1v) is 28.0. The number of nitrogens with zero attached hydrogens (tertiary/aromatic N) is 2. The van der Waals surface area contributed by atoms with Crippen LogP contribution >= 0.6 is 0 Å². The van der Waals surface area contributed by atoms with Gasteiger partial charge in [-0.05, 0) is 167 Å². The smallest absolute Gasteiger partial charge is 0.252 e. The fraction of sp³-hybridized carbons (Fsp3) is 0.333. The number of hydrogen-bond donors (Lipinski definition) is 0. The third-order valence-corrected chi connectivity index (χ3v) is 18.9. The molecule has 0 fully saturated rings. The zero-order valence-corrected chi connectivity index (χ0v) is 47.6. The Kier molecular flexibility index (Phi) is 11.0. The van der Waals surface area contributed by atoms with Gasteiger partial charge in [0, 0.05) is 50.2 Å². The number of rotatable bonds is 6. The minimum Gasteiger partial charge on any atom is -0.311 e. The average molecular weight is 981 g/mol. The first-order chi connectivity index (χ1) is 35.4. The summed E-state index contributed by atoms with van der Waals surface area (Å²) in [6, 6.07) is 64.7. The van der Waals surface area contributed by atoms with Crippen molar-refractivity contribution in [3.8, 4) is 11.1 Å². The molecule has 3 aliphatic heterocycles. The van der Waals surface area contributed by atoms with Crippen molar-refractivity contribution in [3.63, 3.8) is 0 Å². The molecule has 0 spiro atoms. The monoisotopic (exact) mass is 981 g/mol. The Morgan fingerprint density at radius 3 is 1.61 bits per heavy atom. The van der Waals surface area contributed by atoms with Crippen molar-refractivity contribution >= 4 is 57.2 Å². The zero-order chi connectivity index (χ0) is 52.9. The molecule has 8 aromatic rings.